The first-order chi connectivity index (χ1) is 8.27. The van der Waals surface area contributed by atoms with Gasteiger partial charge in [-0.25, -0.2) is 0 Å². The fraction of sp³-hybridized carbons (Fsp3) is 0.538. The quantitative estimate of drug-likeness (QED) is 0.629. The van der Waals surface area contributed by atoms with Gasteiger partial charge >= 0.3 is 0 Å². The number of para-hydroxylation sites is 1. The van der Waals surface area contributed by atoms with Crippen molar-refractivity contribution >= 4 is 0 Å². The molecule has 4 heteroatoms. The van der Waals surface area contributed by atoms with Crippen molar-refractivity contribution in [3.05, 3.63) is 23.8 Å². The number of nitrogens with one attached hydrogen (secondary N) is 1. The van der Waals surface area contributed by atoms with Gasteiger partial charge in [0, 0.05) is 12.1 Å². The summed E-state index contributed by atoms with van der Waals surface area (Å²) in [6, 6.07) is 5.90. The minimum atomic E-state index is 0.520. The third-order valence-electron chi connectivity index (χ3n) is 2.43. The summed E-state index contributed by atoms with van der Waals surface area (Å²) in [4.78, 5) is 5.34. The lowest BCUT2D eigenvalue weighted by Gasteiger charge is -2.21. The highest BCUT2D eigenvalue weighted by Gasteiger charge is 2.14. The number of hydrogen-bond donors (Lipinski definition) is 1. The molecule has 0 amide bonds. The van der Waals surface area contributed by atoms with Gasteiger partial charge in [-0.3, -0.25) is 0 Å². The van der Waals surface area contributed by atoms with Crippen molar-refractivity contribution < 1.29 is 14.3 Å². The van der Waals surface area contributed by atoms with Gasteiger partial charge in [-0.2, -0.15) is 5.48 Å². The Morgan fingerprint density at radius 1 is 1.29 bits per heavy atom. The Labute approximate surface area is 102 Å². The van der Waals surface area contributed by atoms with Gasteiger partial charge in [-0.05, 0) is 12.0 Å². The highest BCUT2D eigenvalue weighted by Crippen LogP contribution is 2.33. The van der Waals surface area contributed by atoms with Crippen molar-refractivity contribution in [3.63, 3.8) is 0 Å². The highest BCUT2D eigenvalue weighted by atomic mass is 16.6. The number of fused-ring (bicyclic) bond motifs is 1. The van der Waals surface area contributed by atoms with E-state index >= 15 is 0 Å². The van der Waals surface area contributed by atoms with Crippen molar-refractivity contribution in [2.45, 2.75) is 20.4 Å². The molecular weight excluding hydrogens is 218 g/mol. The first kappa shape index (κ1) is 12.2. The van der Waals surface area contributed by atoms with Crippen molar-refractivity contribution in [1.29, 1.82) is 0 Å². The summed E-state index contributed by atoms with van der Waals surface area (Å²) in [6.07, 6.45) is 0. The molecule has 94 valence electrons. The molecule has 1 aliphatic heterocycles. The van der Waals surface area contributed by atoms with E-state index < -0.39 is 0 Å². The van der Waals surface area contributed by atoms with Gasteiger partial charge in [0.2, 0.25) is 0 Å². The van der Waals surface area contributed by atoms with Crippen molar-refractivity contribution in [3.8, 4) is 11.5 Å². The minimum absolute atomic E-state index is 0.520. The van der Waals surface area contributed by atoms with E-state index in [1.54, 1.807) is 0 Å². The largest absolute Gasteiger partial charge is 0.486 e. The molecule has 4 nitrogen and oxygen atoms in total. The molecular formula is C13H19NO3. The molecule has 1 aliphatic rings. The van der Waals surface area contributed by atoms with Gasteiger partial charge in [0.15, 0.2) is 11.5 Å². The molecule has 0 spiro atoms. The number of rotatable bonds is 5. The summed E-state index contributed by atoms with van der Waals surface area (Å²) in [5, 5.41) is 0. The second-order valence-electron chi connectivity index (χ2n) is 4.47. The van der Waals surface area contributed by atoms with Gasteiger partial charge in [-0.1, -0.05) is 26.0 Å². The van der Waals surface area contributed by atoms with Crippen LogP contribution in [0.1, 0.15) is 19.4 Å². The smallest absolute Gasteiger partial charge is 0.165 e. The lowest BCUT2D eigenvalue weighted by Crippen LogP contribution is -2.20. The summed E-state index contributed by atoms with van der Waals surface area (Å²) < 4.78 is 11.1. The number of ether oxygens (including phenoxy) is 2. The molecule has 1 aromatic carbocycles. The second-order valence-corrected chi connectivity index (χ2v) is 4.47. The Morgan fingerprint density at radius 2 is 2.12 bits per heavy atom. The van der Waals surface area contributed by atoms with E-state index in [2.05, 4.69) is 19.3 Å². The Kier molecular flexibility index (Phi) is 4.23. The van der Waals surface area contributed by atoms with Gasteiger partial charge in [0.05, 0.1) is 6.61 Å². The third-order valence-corrected chi connectivity index (χ3v) is 2.43. The lowest BCUT2D eigenvalue weighted by atomic mass is 10.2. The van der Waals surface area contributed by atoms with E-state index in [9.17, 15) is 0 Å². The van der Waals surface area contributed by atoms with E-state index in [0.29, 0.717) is 32.3 Å². The monoisotopic (exact) mass is 237 g/mol. The van der Waals surface area contributed by atoms with Crippen LogP contribution in [0.3, 0.4) is 0 Å². The van der Waals surface area contributed by atoms with Crippen molar-refractivity contribution in [2.24, 2.45) is 5.92 Å². The fourth-order valence-electron chi connectivity index (χ4n) is 1.63. The van der Waals surface area contributed by atoms with Crippen LogP contribution in [0.15, 0.2) is 18.2 Å². The Balaban J connectivity index is 1.92. The molecule has 1 heterocycles. The summed E-state index contributed by atoms with van der Waals surface area (Å²) in [5.74, 6) is 2.17. The van der Waals surface area contributed by atoms with Gasteiger partial charge in [0.1, 0.15) is 13.2 Å². The maximum absolute atomic E-state index is 5.61. The van der Waals surface area contributed by atoms with Crippen LogP contribution in [0, 0.1) is 5.92 Å². The van der Waals surface area contributed by atoms with Gasteiger partial charge < -0.3 is 14.3 Å². The standard InChI is InChI=1S/C13H19NO3/c1-10(2)9-17-14-8-11-4-3-5-12-13(11)16-7-6-15-12/h3-5,10,14H,6-9H2,1-2H3. The molecule has 17 heavy (non-hydrogen) atoms. The molecule has 2 rings (SSSR count). The van der Waals surface area contributed by atoms with Gasteiger partial charge in [-0.15, -0.1) is 0 Å². The SMILES string of the molecule is CC(C)CONCc1cccc2c1OCCO2. The van der Waals surface area contributed by atoms with Crippen LogP contribution >= 0.6 is 0 Å². The first-order valence-electron chi connectivity index (χ1n) is 5.99. The molecule has 0 saturated heterocycles. The number of hydroxylamine groups is 1. The molecule has 1 N–H and O–H groups in total. The molecule has 0 unspecified atom stereocenters. The molecule has 0 fully saturated rings. The average molecular weight is 237 g/mol. The number of benzene rings is 1. The van der Waals surface area contributed by atoms with Crippen LogP contribution < -0.4 is 15.0 Å². The van der Waals surface area contributed by atoms with E-state index in [4.69, 9.17) is 14.3 Å². The summed E-state index contributed by atoms with van der Waals surface area (Å²) in [5.41, 5.74) is 4.01. The Morgan fingerprint density at radius 3 is 2.94 bits per heavy atom. The predicted octanol–water partition coefficient (Wildman–Crippen LogP) is 2.13. The molecule has 0 atom stereocenters. The predicted molar refractivity (Wildman–Crippen MR) is 65.1 cm³/mol. The molecule has 0 aliphatic carbocycles. The van der Waals surface area contributed by atoms with Crippen LogP contribution in [0.2, 0.25) is 0 Å². The van der Waals surface area contributed by atoms with Gasteiger partial charge in [0.25, 0.3) is 0 Å². The first-order valence-corrected chi connectivity index (χ1v) is 5.99. The average Bonchev–Trinajstić information content (AvgIpc) is 2.34. The zero-order chi connectivity index (χ0) is 12.1. The number of hydrogen-bond acceptors (Lipinski definition) is 4. The fourth-order valence-corrected chi connectivity index (χ4v) is 1.63. The third kappa shape index (κ3) is 3.35. The van der Waals surface area contributed by atoms with E-state index in [1.807, 2.05) is 18.2 Å². The second kappa shape index (κ2) is 5.89. The van der Waals surface area contributed by atoms with Crippen LogP contribution in [0.25, 0.3) is 0 Å². The van der Waals surface area contributed by atoms with Crippen LogP contribution in [-0.2, 0) is 11.4 Å². The van der Waals surface area contributed by atoms with E-state index in [-0.39, 0.29) is 0 Å². The van der Waals surface area contributed by atoms with Crippen molar-refractivity contribution in [1.82, 2.24) is 5.48 Å². The Bertz CT molecular complexity index is 366. The summed E-state index contributed by atoms with van der Waals surface area (Å²) in [7, 11) is 0. The maximum Gasteiger partial charge on any atom is 0.165 e. The lowest BCUT2D eigenvalue weighted by molar-refractivity contribution is 0.0189. The molecule has 0 saturated carbocycles. The molecule has 0 radical (unpaired) electrons. The Hall–Kier alpha value is -1.26. The summed E-state index contributed by atoms with van der Waals surface area (Å²) >= 11 is 0. The normalized spacial score (nSPS) is 14.1. The zero-order valence-electron chi connectivity index (χ0n) is 10.4. The highest BCUT2D eigenvalue weighted by molar-refractivity contribution is 5.47. The molecule has 1 aromatic rings. The topological polar surface area (TPSA) is 39.7 Å². The van der Waals surface area contributed by atoms with Crippen LogP contribution in [0.4, 0.5) is 0 Å². The molecule has 0 bridgehead atoms. The zero-order valence-corrected chi connectivity index (χ0v) is 10.4. The maximum atomic E-state index is 5.61. The van der Waals surface area contributed by atoms with Crippen LogP contribution in [-0.4, -0.2) is 19.8 Å². The van der Waals surface area contributed by atoms with Crippen LogP contribution in [0.5, 0.6) is 11.5 Å². The van der Waals surface area contributed by atoms with E-state index in [0.717, 1.165) is 17.1 Å². The summed E-state index contributed by atoms with van der Waals surface area (Å²) in [6.45, 7) is 6.78. The molecule has 0 aromatic heterocycles. The van der Waals surface area contributed by atoms with Crippen molar-refractivity contribution in [2.75, 3.05) is 19.8 Å². The van der Waals surface area contributed by atoms with E-state index in [1.165, 1.54) is 0 Å². The minimum Gasteiger partial charge on any atom is -0.486 e.